The molecule has 3 aromatic rings. The summed E-state index contributed by atoms with van der Waals surface area (Å²) in [7, 11) is 1.81. The van der Waals surface area contributed by atoms with Gasteiger partial charge in [0.2, 0.25) is 0 Å². The normalized spacial score (nSPS) is 13.3. The van der Waals surface area contributed by atoms with Gasteiger partial charge in [-0.05, 0) is 24.4 Å². The highest BCUT2D eigenvalue weighted by Gasteiger charge is 2.18. The van der Waals surface area contributed by atoms with Gasteiger partial charge in [-0.2, -0.15) is 5.10 Å². The van der Waals surface area contributed by atoms with E-state index in [-0.39, 0.29) is 0 Å². The van der Waals surface area contributed by atoms with Crippen molar-refractivity contribution in [3.05, 3.63) is 38.8 Å². The molecule has 0 fully saturated rings. The van der Waals surface area contributed by atoms with E-state index in [0.717, 1.165) is 16.1 Å². The van der Waals surface area contributed by atoms with E-state index in [1.54, 1.807) is 27.4 Å². The minimum atomic E-state index is -0.523. The highest BCUT2D eigenvalue weighted by molar-refractivity contribution is 7.26. The topological polar surface area (TPSA) is 38.0 Å². The van der Waals surface area contributed by atoms with Crippen molar-refractivity contribution in [1.82, 2.24) is 9.78 Å². The summed E-state index contributed by atoms with van der Waals surface area (Å²) >= 11 is 9.54. The molecule has 1 N–H and O–H groups in total. The largest absolute Gasteiger partial charge is 0.387 e. The molecule has 19 heavy (non-hydrogen) atoms. The Kier molecular flexibility index (Phi) is 3.39. The molecule has 3 heterocycles. The highest BCUT2D eigenvalue weighted by atomic mass is 35.5. The van der Waals surface area contributed by atoms with Gasteiger partial charge >= 0.3 is 0 Å². The number of fused-ring (bicyclic) bond motifs is 1. The predicted octanol–water partition coefficient (Wildman–Crippen LogP) is 3.93. The van der Waals surface area contributed by atoms with Gasteiger partial charge in [0.1, 0.15) is 5.15 Å². The first kappa shape index (κ1) is 13.1. The Bertz CT molecular complexity index is 700. The van der Waals surface area contributed by atoms with E-state index in [4.69, 9.17) is 11.6 Å². The molecule has 0 aliphatic carbocycles. The van der Waals surface area contributed by atoms with Crippen molar-refractivity contribution < 1.29 is 5.11 Å². The second-order valence-corrected chi connectivity index (χ2v) is 6.92. The summed E-state index contributed by atoms with van der Waals surface area (Å²) in [6.45, 7) is 1.92. The molecular formula is C13H13ClN2OS2. The second kappa shape index (κ2) is 4.90. The first-order valence-corrected chi connectivity index (χ1v) is 7.96. The summed E-state index contributed by atoms with van der Waals surface area (Å²) in [4.78, 5) is 0.987. The highest BCUT2D eigenvalue weighted by Crippen LogP contribution is 2.35. The van der Waals surface area contributed by atoms with Gasteiger partial charge < -0.3 is 5.11 Å². The zero-order valence-corrected chi connectivity index (χ0v) is 12.9. The Morgan fingerprint density at radius 1 is 1.47 bits per heavy atom. The van der Waals surface area contributed by atoms with Crippen molar-refractivity contribution in [3.8, 4) is 0 Å². The molecule has 3 nitrogen and oxygen atoms in total. The Labute approximate surface area is 124 Å². The number of aromatic nitrogens is 2. The molecule has 0 saturated carbocycles. The van der Waals surface area contributed by atoms with E-state index in [0.29, 0.717) is 11.6 Å². The summed E-state index contributed by atoms with van der Waals surface area (Å²) in [5, 5.41) is 17.3. The Balaban J connectivity index is 1.88. The molecule has 0 amide bonds. The molecule has 100 valence electrons. The number of aliphatic hydroxyl groups excluding tert-OH is 1. The number of nitrogens with zero attached hydrogens (tertiary/aromatic N) is 2. The number of aryl methyl sites for hydroxylation is 2. The summed E-state index contributed by atoms with van der Waals surface area (Å²) in [5.74, 6) is 0. The molecule has 0 spiro atoms. The third kappa shape index (κ3) is 2.31. The van der Waals surface area contributed by atoms with Crippen LogP contribution in [0.25, 0.3) is 9.40 Å². The standard InChI is InChI=1S/C13H13ClN2OS2/c1-7-8(13(14)16(2)15-7)5-9(17)11-6-12-10(19-11)3-4-18-12/h3-4,6,9,17H,5H2,1-2H3. The van der Waals surface area contributed by atoms with Crippen LogP contribution in [0.15, 0.2) is 17.5 Å². The van der Waals surface area contributed by atoms with Crippen LogP contribution in [-0.4, -0.2) is 14.9 Å². The van der Waals surface area contributed by atoms with Crippen LogP contribution in [0.5, 0.6) is 0 Å². The zero-order valence-electron chi connectivity index (χ0n) is 10.6. The van der Waals surface area contributed by atoms with Crippen molar-refractivity contribution in [2.24, 2.45) is 7.05 Å². The molecule has 0 radical (unpaired) electrons. The van der Waals surface area contributed by atoms with Gasteiger partial charge in [0.05, 0.1) is 11.8 Å². The van der Waals surface area contributed by atoms with Crippen molar-refractivity contribution in [1.29, 1.82) is 0 Å². The lowest BCUT2D eigenvalue weighted by molar-refractivity contribution is 0.182. The van der Waals surface area contributed by atoms with Gasteiger partial charge in [0.25, 0.3) is 0 Å². The van der Waals surface area contributed by atoms with E-state index >= 15 is 0 Å². The number of thiophene rings is 2. The molecule has 0 aliphatic rings. The smallest absolute Gasteiger partial charge is 0.130 e. The van der Waals surface area contributed by atoms with Crippen LogP contribution in [0.3, 0.4) is 0 Å². The monoisotopic (exact) mass is 312 g/mol. The molecular weight excluding hydrogens is 300 g/mol. The van der Waals surface area contributed by atoms with Crippen LogP contribution >= 0.6 is 34.3 Å². The minimum absolute atomic E-state index is 0.506. The summed E-state index contributed by atoms with van der Waals surface area (Å²) < 4.78 is 4.10. The summed E-state index contributed by atoms with van der Waals surface area (Å²) in [6, 6.07) is 4.15. The van der Waals surface area contributed by atoms with Crippen molar-refractivity contribution in [2.45, 2.75) is 19.4 Å². The SMILES string of the molecule is Cc1nn(C)c(Cl)c1CC(O)c1cc2sccc2s1. The average molecular weight is 313 g/mol. The lowest BCUT2D eigenvalue weighted by Crippen LogP contribution is -2.00. The van der Waals surface area contributed by atoms with Crippen LogP contribution < -0.4 is 0 Å². The van der Waals surface area contributed by atoms with Crippen molar-refractivity contribution >= 4 is 43.7 Å². The first-order chi connectivity index (χ1) is 9.06. The lowest BCUT2D eigenvalue weighted by atomic mass is 10.1. The number of halogens is 1. The number of rotatable bonds is 3. The fraction of sp³-hybridized carbons (Fsp3) is 0.308. The van der Waals surface area contributed by atoms with Crippen LogP contribution in [0, 0.1) is 6.92 Å². The predicted molar refractivity (Wildman–Crippen MR) is 81.3 cm³/mol. The molecule has 0 aliphatic heterocycles. The van der Waals surface area contributed by atoms with Crippen molar-refractivity contribution in [2.75, 3.05) is 0 Å². The van der Waals surface area contributed by atoms with Gasteiger partial charge in [0.15, 0.2) is 0 Å². The molecule has 3 rings (SSSR count). The minimum Gasteiger partial charge on any atom is -0.387 e. The van der Waals surface area contributed by atoms with Gasteiger partial charge in [0, 0.05) is 33.3 Å². The van der Waals surface area contributed by atoms with Gasteiger partial charge in [-0.15, -0.1) is 22.7 Å². The third-order valence-electron chi connectivity index (χ3n) is 3.15. The average Bonchev–Trinajstić information content (AvgIpc) is 2.99. The summed E-state index contributed by atoms with van der Waals surface area (Å²) in [6.07, 6.45) is -0.0169. The van der Waals surface area contributed by atoms with Crippen LogP contribution in [-0.2, 0) is 13.5 Å². The van der Waals surface area contributed by atoms with Crippen LogP contribution in [0.4, 0.5) is 0 Å². The second-order valence-electron chi connectivity index (χ2n) is 4.50. The van der Waals surface area contributed by atoms with E-state index in [1.165, 1.54) is 9.40 Å². The molecule has 6 heteroatoms. The maximum absolute atomic E-state index is 10.4. The number of hydrogen-bond acceptors (Lipinski definition) is 4. The van der Waals surface area contributed by atoms with Crippen molar-refractivity contribution in [3.63, 3.8) is 0 Å². The zero-order chi connectivity index (χ0) is 13.6. The molecule has 1 atom stereocenters. The van der Waals surface area contributed by atoms with E-state index in [9.17, 15) is 5.11 Å². The number of hydrogen-bond donors (Lipinski definition) is 1. The molecule has 0 aromatic carbocycles. The Morgan fingerprint density at radius 3 is 2.89 bits per heavy atom. The van der Waals surface area contributed by atoms with E-state index < -0.39 is 6.10 Å². The molecule has 1 unspecified atom stereocenters. The maximum atomic E-state index is 10.4. The maximum Gasteiger partial charge on any atom is 0.130 e. The molecule has 3 aromatic heterocycles. The Hall–Kier alpha value is -0.880. The lowest BCUT2D eigenvalue weighted by Gasteiger charge is -2.08. The third-order valence-corrected chi connectivity index (χ3v) is 5.82. The number of aliphatic hydroxyl groups is 1. The van der Waals surface area contributed by atoms with Gasteiger partial charge in [-0.25, -0.2) is 0 Å². The fourth-order valence-electron chi connectivity index (χ4n) is 2.15. The first-order valence-electron chi connectivity index (χ1n) is 5.89. The van der Waals surface area contributed by atoms with E-state index in [1.807, 2.05) is 14.0 Å². The van der Waals surface area contributed by atoms with Gasteiger partial charge in [-0.1, -0.05) is 11.6 Å². The fourth-order valence-corrected chi connectivity index (χ4v) is 4.51. The van der Waals surface area contributed by atoms with Crippen LogP contribution in [0.1, 0.15) is 22.2 Å². The van der Waals surface area contributed by atoms with E-state index in [2.05, 4.69) is 22.6 Å². The molecule has 0 saturated heterocycles. The van der Waals surface area contributed by atoms with Crippen LogP contribution in [0.2, 0.25) is 5.15 Å². The summed E-state index contributed by atoms with van der Waals surface area (Å²) in [5.41, 5.74) is 1.80. The van der Waals surface area contributed by atoms with Gasteiger partial charge in [-0.3, -0.25) is 4.68 Å². The quantitative estimate of drug-likeness (QED) is 0.795. The molecule has 0 bridgehead atoms. The Morgan fingerprint density at radius 2 is 2.26 bits per heavy atom.